The molecule has 2 rings (SSSR count). The van der Waals surface area contributed by atoms with Gasteiger partial charge in [-0.1, -0.05) is 6.07 Å². The smallest absolute Gasteiger partial charge is 0.262 e. The molecule has 1 heterocycles. The van der Waals surface area contributed by atoms with Crippen LogP contribution < -0.4 is 16.0 Å². The summed E-state index contributed by atoms with van der Waals surface area (Å²) in [5.41, 5.74) is 0.617. The third-order valence-electron chi connectivity index (χ3n) is 3.57. The molecule has 1 fully saturated rings. The predicted molar refractivity (Wildman–Crippen MR) is 77.8 cm³/mol. The van der Waals surface area contributed by atoms with Gasteiger partial charge in [-0.15, -0.1) is 0 Å². The van der Waals surface area contributed by atoms with E-state index in [1.54, 1.807) is 6.92 Å². The van der Waals surface area contributed by atoms with Gasteiger partial charge in [0.1, 0.15) is 5.82 Å². The van der Waals surface area contributed by atoms with E-state index in [4.69, 9.17) is 0 Å². The highest BCUT2D eigenvalue weighted by atomic mass is 19.3. The van der Waals surface area contributed by atoms with E-state index in [0.29, 0.717) is 5.56 Å². The maximum absolute atomic E-state index is 13.4. The molecule has 8 heteroatoms. The molecule has 1 aliphatic heterocycles. The fraction of sp³-hybridized carbons (Fsp3) is 0.467. The second-order valence-electron chi connectivity index (χ2n) is 5.50. The van der Waals surface area contributed by atoms with Gasteiger partial charge in [0, 0.05) is 25.1 Å². The highest BCUT2D eigenvalue weighted by Gasteiger charge is 2.42. The maximum Gasteiger partial charge on any atom is 0.262 e. The summed E-state index contributed by atoms with van der Waals surface area (Å²) in [6.45, 7) is 1.29. The fourth-order valence-electron chi connectivity index (χ4n) is 2.22. The molecule has 0 aromatic heterocycles. The number of rotatable bonds is 5. The summed E-state index contributed by atoms with van der Waals surface area (Å²) in [5, 5.41) is 7.43. The Labute approximate surface area is 131 Å². The summed E-state index contributed by atoms with van der Waals surface area (Å²) >= 11 is 0. The van der Waals surface area contributed by atoms with E-state index < -0.39 is 42.6 Å². The van der Waals surface area contributed by atoms with Crippen LogP contribution in [-0.4, -0.2) is 43.4 Å². The summed E-state index contributed by atoms with van der Waals surface area (Å²) in [6.07, 6.45) is -0.534. The standard InChI is InChI=1S/C15H18F3N3O2/c1-9-2-3-10(6-11(9)16)13(22)19-4-5-20-14(23)12-7-15(17,18)8-21-12/h2-3,6,12,21H,4-5,7-8H2,1H3,(H,19,22)(H,20,23). The number of nitrogens with one attached hydrogen (secondary N) is 3. The molecule has 0 radical (unpaired) electrons. The second-order valence-corrected chi connectivity index (χ2v) is 5.50. The minimum Gasteiger partial charge on any atom is -0.353 e. The fourth-order valence-corrected chi connectivity index (χ4v) is 2.22. The van der Waals surface area contributed by atoms with Crippen molar-refractivity contribution in [3.05, 3.63) is 35.1 Å². The lowest BCUT2D eigenvalue weighted by Crippen LogP contribution is -2.43. The van der Waals surface area contributed by atoms with Crippen LogP contribution in [0.3, 0.4) is 0 Å². The minimum atomic E-state index is -2.87. The first kappa shape index (κ1) is 17.3. The van der Waals surface area contributed by atoms with Crippen molar-refractivity contribution in [2.75, 3.05) is 19.6 Å². The molecule has 0 bridgehead atoms. The molecule has 1 aliphatic rings. The molecule has 0 aliphatic carbocycles. The number of hydrogen-bond donors (Lipinski definition) is 3. The van der Waals surface area contributed by atoms with E-state index in [0.717, 1.165) is 6.07 Å². The number of benzene rings is 1. The van der Waals surface area contributed by atoms with Crippen molar-refractivity contribution in [1.29, 1.82) is 0 Å². The first-order valence-corrected chi connectivity index (χ1v) is 7.22. The second kappa shape index (κ2) is 6.99. The SMILES string of the molecule is Cc1ccc(C(=O)NCCNC(=O)C2CC(F)(F)CN2)cc1F. The molecule has 126 valence electrons. The first-order chi connectivity index (χ1) is 10.8. The molecular weight excluding hydrogens is 311 g/mol. The summed E-state index contributed by atoms with van der Waals surface area (Å²) in [5.74, 6) is -4.34. The number of carbonyl (C=O) groups excluding carboxylic acids is 2. The zero-order valence-corrected chi connectivity index (χ0v) is 12.6. The van der Waals surface area contributed by atoms with Gasteiger partial charge in [-0.05, 0) is 24.6 Å². The summed E-state index contributed by atoms with van der Waals surface area (Å²) in [7, 11) is 0. The first-order valence-electron chi connectivity index (χ1n) is 7.22. The maximum atomic E-state index is 13.4. The van der Waals surface area contributed by atoms with Crippen molar-refractivity contribution in [1.82, 2.24) is 16.0 Å². The number of amides is 2. The lowest BCUT2D eigenvalue weighted by atomic mass is 10.1. The monoisotopic (exact) mass is 329 g/mol. The average molecular weight is 329 g/mol. The van der Waals surface area contributed by atoms with Gasteiger partial charge < -0.3 is 10.6 Å². The van der Waals surface area contributed by atoms with Crippen molar-refractivity contribution >= 4 is 11.8 Å². The van der Waals surface area contributed by atoms with Gasteiger partial charge >= 0.3 is 0 Å². The van der Waals surface area contributed by atoms with Gasteiger partial charge in [-0.25, -0.2) is 13.2 Å². The molecule has 0 saturated carbocycles. The Hall–Kier alpha value is -2.09. The van der Waals surface area contributed by atoms with Gasteiger partial charge in [0.2, 0.25) is 5.91 Å². The van der Waals surface area contributed by atoms with Crippen LogP contribution in [0, 0.1) is 12.7 Å². The Kier molecular flexibility index (Phi) is 5.25. The third-order valence-corrected chi connectivity index (χ3v) is 3.57. The topological polar surface area (TPSA) is 70.2 Å². The highest BCUT2D eigenvalue weighted by Crippen LogP contribution is 2.24. The summed E-state index contributed by atoms with van der Waals surface area (Å²) < 4.78 is 39.3. The number of alkyl halides is 2. The highest BCUT2D eigenvalue weighted by molar-refractivity contribution is 5.94. The summed E-state index contributed by atoms with van der Waals surface area (Å²) in [6, 6.07) is 3.20. The normalized spacial score (nSPS) is 19.4. The summed E-state index contributed by atoms with van der Waals surface area (Å²) in [4.78, 5) is 23.5. The number of halogens is 3. The Morgan fingerprint density at radius 3 is 2.61 bits per heavy atom. The zero-order valence-electron chi connectivity index (χ0n) is 12.6. The van der Waals surface area contributed by atoms with Crippen LogP contribution in [0.15, 0.2) is 18.2 Å². The third kappa shape index (κ3) is 4.69. The molecule has 2 amide bonds. The lowest BCUT2D eigenvalue weighted by molar-refractivity contribution is -0.123. The minimum absolute atomic E-state index is 0.0999. The van der Waals surface area contributed by atoms with Crippen molar-refractivity contribution in [3.63, 3.8) is 0 Å². The van der Waals surface area contributed by atoms with Gasteiger partial charge in [0.05, 0.1) is 12.6 Å². The van der Waals surface area contributed by atoms with Crippen molar-refractivity contribution in [2.45, 2.75) is 25.3 Å². The van der Waals surface area contributed by atoms with Gasteiger partial charge in [-0.3, -0.25) is 14.9 Å². The largest absolute Gasteiger partial charge is 0.353 e. The van der Waals surface area contributed by atoms with Crippen LogP contribution in [0.2, 0.25) is 0 Å². The van der Waals surface area contributed by atoms with Crippen molar-refractivity contribution < 1.29 is 22.8 Å². The van der Waals surface area contributed by atoms with Crippen LogP contribution >= 0.6 is 0 Å². The molecule has 1 saturated heterocycles. The molecule has 1 aromatic rings. The van der Waals surface area contributed by atoms with Crippen molar-refractivity contribution in [2.24, 2.45) is 0 Å². The average Bonchev–Trinajstić information content (AvgIpc) is 2.86. The van der Waals surface area contributed by atoms with Gasteiger partial charge in [0.15, 0.2) is 0 Å². The van der Waals surface area contributed by atoms with E-state index >= 15 is 0 Å². The predicted octanol–water partition coefficient (Wildman–Crippen LogP) is 0.977. The Balaban J connectivity index is 1.72. The number of hydrogen-bond acceptors (Lipinski definition) is 3. The quantitative estimate of drug-likeness (QED) is 0.705. The Morgan fingerprint density at radius 2 is 2.00 bits per heavy atom. The molecule has 3 N–H and O–H groups in total. The van der Waals surface area contributed by atoms with Crippen LogP contribution in [-0.2, 0) is 4.79 Å². The molecule has 1 aromatic carbocycles. The van der Waals surface area contributed by atoms with E-state index in [1.165, 1.54) is 12.1 Å². The molecule has 1 unspecified atom stereocenters. The van der Waals surface area contributed by atoms with E-state index in [9.17, 15) is 22.8 Å². The van der Waals surface area contributed by atoms with Gasteiger partial charge in [0.25, 0.3) is 11.8 Å². The number of carbonyl (C=O) groups is 2. The van der Waals surface area contributed by atoms with E-state index in [1.807, 2.05) is 0 Å². The molecular formula is C15H18F3N3O2. The molecule has 0 spiro atoms. The zero-order chi connectivity index (χ0) is 17.0. The van der Waals surface area contributed by atoms with Crippen LogP contribution in [0.25, 0.3) is 0 Å². The molecule has 5 nitrogen and oxygen atoms in total. The van der Waals surface area contributed by atoms with E-state index in [2.05, 4.69) is 16.0 Å². The lowest BCUT2D eigenvalue weighted by Gasteiger charge is -2.11. The van der Waals surface area contributed by atoms with Crippen LogP contribution in [0.4, 0.5) is 13.2 Å². The Bertz CT molecular complexity index is 608. The molecule has 1 atom stereocenters. The van der Waals surface area contributed by atoms with Gasteiger partial charge in [-0.2, -0.15) is 0 Å². The molecule has 23 heavy (non-hydrogen) atoms. The van der Waals surface area contributed by atoms with E-state index in [-0.39, 0.29) is 18.7 Å². The Morgan fingerprint density at radius 1 is 1.30 bits per heavy atom. The number of aryl methyl sites for hydroxylation is 1. The van der Waals surface area contributed by atoms with Crippen molar-refractivity contribution in [3.8, 4) is 0 Å². The van der Waals surface area contributed by atoms with Crippen LogP contribution in [0.1, 0.15) is 22.3 Å². The van der Waals surface area contributed by atoms with Crippen LogP contribution in [0.5, 0.6) is 0 Å².